The first-order valence-corrected chi connectivity index (χ1v) is 8.91. The van der Waals surface area contributed by atoms with E-state index in [1.165, 1.54) is 0 Å². The van der Waals surface area contributed by atoms with Crippen molar-refractivity contribution in [1.82, 2.24) is 10.3 Å². The number of ether oxygens (including phenoxy) is 1. The van der Waals surface area contributed by atoms with Crippen LogP contribution in [0.1, 0.15) is 15.9 Å². The average Bonchev–Trinajstić information content (AvgIpc) is 2.70. The summed E-state index contributed by atoms with van der Waals surface area (Å²) in [5, 5.41) is 6.75. The molecule has 0 saturated carbocycles. The van der Waals surface area contributed by atoms with Gasteiger partial charge in [-0.25, -0.2) is 4.98 Å². The maximum absolute atomic E-state index is 12.4. The van der Waals surface area contributed by atoms with Crippen molar-refractivity contribution < 1.29 is 9.53 Å². The van der Waals surface area contributed by atoms with Gasteiger partial charge in [0, 0.05) is 29.0 Å². The Balaban J connectivity index is 1.55. The minimum absolute atomic E-state index is 0.134. The molecule has 138 valence electrons. The highest BCUT2D eigenvalue weighted by molar-refractivity contribution is 6.30. The Morgan fingerprint density at radius 3 is 2.52 bits per heavy atom. The van der Waals surface area contributed by atoms with Crippen molar-refractivity contribution in [1.29, 1.82) is 0 Å². The summed E-state index contributed by atoms with van der Waals surface area (Å²) in [7, 11) is 1.64. The van der Waals surface area contributed by atoms with Gasteiger partial charge in [0.05, 0.1) is 7.11 Å². The lowest BCUT2D eigenvalue weighted by Crippen LogP contribution is -2.25. The van der Waals surface area contributed by atoms with E-state index in [9.17, 15) is 4.79 Å². The third kappa shape index (κ3) is 5.46. The summed E-state index contributed by atoms with van der Waals surface area (Å²) in [5.74, 6) is 1.28. The molecule has 0 aliphatic carbocycles. The largest absolute Gasteiger partial charge is 0.497 e. The molecule has 3 rings (SSSR count). The van der Waals surface area contributed by atoms with Gasteiger partial charge in [-0.1, -0.05) is 23.7 Å². The van der Waals surface area contributed by atoms with Crippen LogP contribution in [-0.2, 0) is 6.42 Å². The van der Waals surface area contributed by atoms with Gasteiger partial charge in [0.15, 0.2) is 0 Å². The Hall–Kier alpha value is -3.05. The Morgan fingerprint density at radius 2 is 1.81 bits per heavy atom. The van der Waals surface area contributed by atoms with Crippen molar-refractivity contribution in [3.63, 3.8) is 0 Å². The van der Waals surface area contributed by atoms with E-state index in [-0.39, 0.29) is 5.91 Å². The number of aromatic nitrogens is 1. The van der Waals surface area contributed by atoms with Crippen molar-refractivity contribution in [2.24, 2.45) is 0 Å². The molecule has 27 heavy (non-hydrogen) atoms. The average molecular weight is 382 g/mol. The van der Waals surface area contributed by atoms with Crippen molar-refractivity contribution in [3.8, 4) is 5.75 Å². The van der Waals surface area contributed by atoms with Crippen LogP contribution in [0.2, 0.25) is 5.02 Å². The first-order valence-electron chi connectivity index (χ1n) is 8.54. The molecule has 0 atom stereocenters. The summed E-state index contributed by atoms with van der Waals surface area (Å²) in [4.78, 5) is 16.6. The van der Waals surface area contributed by atoms with Gasteiger partial charge in [-0.3, -0.25) is 4.79 Å². The predicted molar refractivity (Wildman–Crippen MR) is 108 cm³/mol. The number of hydrogen-bond acceptors (Lipinski definition) is 4. The second-order valence-electron chi connectivity index (χ2n) is 5.92. The molecule has 0 radical (unpaired) electrons. The molecule has 1 amide bonds. The number of methoxy groups -OCH3 is 1. The van der Waals surface area contributed by atoms with Crippen molar-refractivity contribution in [2.75, 3.05) is 19.0 Å². The van der Waals surface area contributed by atoms with Crippen LogP contribution in [0.4, 0.5) is 11.5 Å². The number of rotatable bonds is 7. The van der Waals surface area contributed by atoms with Crippen LogP contribution in [-0.4, -0.2) is 24.5 Å². The lowest BCUT2D eigenvalue weighted by molar-refractivity contribution is 0.0954. The van der Waals surface area contributed by atoms with Gasteiger partial charge in [-0.15, -0.1) is 0 Å². The normalized spacial score (nSPS) is 10.3. The van der Waals surface area contributed by atoms with E-state index in [2.05, 4.69) is 15.6 Å². The van der Waals surface area contributed by atoms with Gasteiger partial charge in [-0.2, -0.15) is 0 Å². The number of benzene rings is 2. The third-order valence-electron chi connectivity index (χ3n) is 4.00. The summed E-state index contributed by atoms with van der Waals surface area (Å²) < 4.78 is 5.14. The molecule has 0 fully saturated rings. The van der Waals surface area contributed by atoms with Crippen molar-refractivity contribution in [2.45, 2.75) is 6.42 Å². The third-order valence-corrected chi connectivity index (χ3v) is 4.25. The first-order chi connectivity index (χ1) is 13.1. The maximum Gasteiger partial charge on any atom is 0.251 e. The van der Waals surface area contributed by atoms with E-state index < -0.39 is 0 Å². The summed E-state index contributed by atoms with van der Waals surface area (Å²) in [6.45, 7) is 0.549. The predicted octanol–water partition coefficient (Wildman–Crippen LogP) is 4.46. The molecular weight excluding hydrogens is 362 g/mol. The molecule has 3 aromatic rings. The van der Waals surface area contributed by atoms with E-state index in [1.54, 1.807) is 37.6 Å². The highest BCUT2D eigenvalue weighted by Gasteiger charge is 2.07. The number of pyridine rings is 1. The second kappa shape index (κ2) is 9.05. The molecular formula is C21H20ClN3O2. The smallest absolute Gasteiger partial charge is 0.251 e. The summed E-state index contributed by atoms with van der Waals surface area (Å²) >= 11 is 5.89. The Morgan fingerprint density at radius 1 is 1.07 bits per heavy atom. The van der Waals surface area contributed by atoms with Crippen LogP contribution >= 0.6 is 11.6 Å². The number of hydrogen-bond donors (Lipinski definition) is 2. The highest BCUT2D eigenvalue weighted by atomic mass is 35.5. The van der Waals surface area contributed by atoms with E-state index in [0.717, 1.165) is 23.4 Å². The van der Waals surface area contributed by atoms with Crippen molar-refractivity contribution in [3.05, 3.63) is 83.0 Å². The quantitative estimate of drug-likeness (QED) is 0.634. The van der Waals surface area contributed by atoms with E-state index >= 15 is 0 Å². The van der Waals surface area contributed by atoms with Crippen LogP contribution in [0.15, 0.2) is 66.9 Å². The fourth-order valence-corrected chi connectivity index (χ4v) is 2.66. The molecule has 0 aliphatic heterocycles. The first kappa shape index (κ1) is 18.7. The summed E-state index contributed by atoms with van der Waals surface area (Å²) in [6.07, 6.45) is 2.35. The molecule has 2 aromatic carbocycles. The standard InChI is InChI=1S/C21H20ClN3O2/c1-27-19-8-2-15(3-9-19)10-12-24-21(26)16-11-13-23-20(14-16)25-18-6-4-17(22)5-7-18/h2-9,11,13-14H,10,12H2,1H3,(H,23,25)(H,24,26). The fraction of sp³-hybridized carbons (Fsp3) is 0.143. The minimum Gasteiger partial charge on any atom is -0.497 e. The van der Waals surface area contributed by atoms with E-state index in [0.29, 0.717) is 22.9 Å². The van der Waals surface area contributed by atoms with Crippen LogP contribution in [0.3, 0.4) is 0 Å². The number of anilines is 2. The molecule has 6 heteroatoms. The van der Waals surface area contributed by atoms with Gasteiger partial charge < -0.3 is 15.4 Å². The maximum atomic E-state index is 12.4. The molecule has 1 heterocycles. The van der Waals surface area contributed by atoms with Gasteiger partial charge in [0.2, 0.25) is 0 Å². The van der Waals surface area contributed by atoms with Gasteiger partial charge in [0.25, 0.3) is 5.91 Å². The lowest BCUT2D eigenvalue weighted by atomic mass is 10.1. The number of amides is 1. The number of nitrogens with one attached hydrogen (secondary N) is 2. The van der Waals surface area contributed by atoms with Crippen LogP contribution in [0, 0.1) is 0 Å². The van der Waals surface area contributed by atoms with Crippen LogP contribution in [0.25, 0.3) is 0 Å². The topological polar surface area (TPSA) is 63.2 Å². The van der Waals surface area contributed by atoms with Crippen LogP contribution < -0.4 is 15.4 Å². The molecule has 1 aromatic heterocycles. The number of nitrogens with zero attached hydrogens (tertiary/aromatic N) is 1. The van der Waals surface area contributed by atoms with Gasteiger partial charge in [-0.05, 0) is 60.5 Å². The zero-order chi connectivity index (χ0) is 19.1. The number of carbonyl (C=O) groups is 1. The molecule has 0 bridgehead atoms. The Bertz CT molecular complexity index is 896. The zero-order valence-corrected chi connectivity index (χ0v) is 15.7. The minimum atomic E-state index is -0.134. The van der Waals surface area contributed by atoms with E-state index in [4.69, 9.17) is 16.3 Å². The summed E-state index contributed by atoms with van der Waals surface area (Å²) in [5.41, 5.74) is 2.54. The SMILES string of the molecule is COc1ccc(CCNC(=O)c2ccnc(Nc3ccc(Cl)cc3)c2)cc1. The van der Waals surface area contributed by atoms with Crippen molar-refractivity contribution >= 4 is 29.0 Å². The molecule has 0 saturated heterocycles. The highest BCUT2D eigenvalue weighted by Crippen LogP contribution is 2.18. The second-order valence-corrected chi connectivity index (χ2v) is 6.35. The molecule has 0 aliphatic rings. The molecule has 5 nitrogen and oxygen atoms in total. The van der Waals surface area contributed by atoms with E-state index in [1.807, 2.05) is 36.4 Å². The monoisotopic (exact) mass is 381 g/mol. The Labute approximate surface area is 163 Å². The number of carbonyl (C=O) groups excluding carboxylic acids is 1. The zero-order valence-electron chi connectivity index (χ0n) is 14.9. The van der Waals surface area contributed by atoms with Gasteiger partial charge >= 0.3 is 0 Å². The number of halogens is 1. The van der Waals surface area contributed by atoms with Crippen LogP contribution in [0.5, 0.6) is 5.75 Å². The molecule has 2 N–H and O–H groups in total. The molecule has 0 unspecified atom stereocenters. The Kier molecular flexibility index (Phi) is 6.28. The molecule has 0 spiro atoms. The fourth-order valence-electron chi connectivity index (χ4n) is 2.54. The summed E-state index contributed by atoms with van der Waals surface area (Å²) in [6, 6.07) is 18.5. The lowest BCUT2D eigenvalue weighted by Gasteiger charge is -2.09. The van der Waals surface area contributed by atoms with Gasteiger partial charge in [0.1, 0.15) is 11.6 Å².